The number of hydrogen-bond acceptors (Lipinski definition) is 4. The van der Waals surface area contributed by atoms with Crippen LogP contribution in [0.25, 0.3) is 0 Å². The van der Waals surface area contributed by atoms with Crippen LogP contribution in [-0.4, -0.2) is 50.0 Å². The Balaban J connectivity index is 1.90. The molecule has 0 aliphatic heterocycles. The van der Waals surface area contributed by atoms with Crippen molar-refractivity contribution < 1.29 is 18.0 Å². The molecule has 2 aromatic carbocycles. The first-order chi connectivity index (χ1) is 16.5. The van der Waals surface area contributed by atoms with Crippen molar-refractivity contribution in [3.63, 3.8) is 0 Å². The van der Waals surface area contributed by atoms with Crippen LogP contribution in [0.2, 0.25) is 10.0 Å². The molecule has 0 radical (unpaired) electrons. The fourth-order valence-electron chi connectivity index (χ4n) is 4.25. The summed E-state index contributed by atoms with van der Waals surface area (Å²) in [4.78, 5) is 28.1. The van der Waals surface area contributed by atoms with Crippen LogP contribution in [0.5, 0.6) is 0 Å². The summed E-state index contributed by atoms with van der Waals surface area (Å²) in [5, 5.41) is 3.74. The molecule has 1 atom stereocenters. The van der Waals surface area contributed by atoms with E-state index in [9.17, 15) is 18.0 Å². The first kappa shape index (κ1) is 27.3. The highest BCUT2D eigenvalue weighted by atomic mass is 35.5. The largest absolute Gasteiger partial charge is 0.352 e. The Morgan fingerprint density at radius 2 is 1.74 bits per heavy atom. The van der Waals surface area contributed by atoms with Crippen LogP contribution in [0.4, 0.5) is 5.69 Å². The molecule has 1 saturated carbocycles. The second-order valence-corrected chi connectivity index (χ2v) is 11.7. The summed E-state index contributed by atoms with van der Waals surface area (Å²) >= 11 is 12.2. The summed E-state index contributed by atoms with van der Waals surface area (Å²) in [5.74, 6) is -0.772. The van der Waals surface area contributed by atoms with E-state index in [1.54, 1.807) is 56.3 Å². The quantitative estimate of drug-likeness (QED) is 0.506. The van der Waals surface area contributed by atoms with Gasteiger partial charge in [-0.2, -0.15) is 0 Å². The van der Waals surface area contributed by atoms with E-state index in [0.717, 1.165) is 36.2 Å². The van der Waals surface area contributed by atoms with Gasteiger partial charge in [-0.15, -0.1) is 0 Å². The third-order valence-electron chi connectivity index (χ3n) is 6.27. The lowest BCUT2D eigenvalue weighted by Gasteiger charge is -2.32. The number of para-hydroxylation sites is 1. The third kappa shape index (κ3) is 7.12. The number of aryl methyl sites for hydroxylation is 1. The van der Waals surface area contributed by atoms with E-state index >= 15 is 0 Å². The van der Waals surface area contributed by atoms with Crippen molar-refractivity contribution >= 4 is 50.7 Å². The van der Waals surface area contributed by atoms with Crippen molar-refractivity contribution in [2.75, 3.05) is 17.1 Å². The van der Waals surface area contributed by atoms with Crippen molar-refractivity contribution in [3.05, 3.63) is 63.6 Å². The average molecular weight is 541 g/mol. The summed E-state index contributed by atoms with van der Waals surface area (Å²) in [7, 11) is -3.77. The molecule has 1 fully saturated rings. The molecule has 0 aromatic heterocycles. The predicted molar refractivity (Wildman–Crippen MR) is 140 cm³/mol. The van der Waals surface area contributed by atoms with E-state index in [1.807, 2.05) is 0 Å². The molecule has 190 valence electrons. The Morgan fingerprint density at radius 3 is 2.34 bits per heavy atom. The number of amides is 2. The number of rotatable bonds is 9. The highest BCUT2D eigenvalue weighted by Crippen LogP contribution is 2.26. The third-order valence-corrected chi connectivity index (χ3v) is 8.13. The number of nitrogens with one attached hydrogen (secondary N) is 1. The second-order valence-electron chi connectivity index (χ2n) is 8.99. The van der Waals surface area contributed by atoms with E-state index in [1.165, 1.54) is 4.90 Å². The van der Waals surface area contributed by atoms with E-state index in [2.05, 4.69) is 5.32 Å². The maximum absolute atomic E-state index is 13.6. The molecule has 3 rings (SSSR count). The monoisotopic (exact) mass is 539 g/mol. The maximum Gasteiger partial charge on any atom is 0.244 e. The highest BCUT2D eigenvalue weighted by Gasteiger charge is 2.31. The second kappa shape index (κ2) is 11.6. The molecule has 1 aliphatic carbocycles. The fourth-order valence-corrected chi connectivity index (χ4v) is 5.48. The van der Waals surface area contributed by atoms with Gasteiger partial charge in [0.05, 0.1) is 22.0 Å². The van der Waals surface area contributed by atoms with Gasteiger partial charge >= 0.3 is 0 Å². The summed E-state index contributed by atoms with van der Waals surface area (Å²) in [6, 6.07) is 11.2. The molecule has 1 unspecified atom stereocenters. The minimum Gasteiger partial charge on any atom is -0.352 e. The molecule has 0 bridgehead atoms. The van der Waals surface area contributed by atoms with E-state index in [0.29, 0.717) is 26.9 Å². The van der Waals surface area contributed by atoms with Crippen molar-refractivity contribution in [2.24, 2.45) is 0 Å². The molecule has 7 nitrogen and oxygen atoms in total. The lowest BCUT2D eigenvalue weighted by molar-refractivity contribution is -0.139. The summed E-state index contributed by atoms with van der Waals surface area (Å²) in [6.07, 6.45) is 5.00. The SMILES string of the molecule is Cc1ccccc1N(CC(=O)N(Cc1ccc(Cl)c(Cl)c1)C(C)C(=O)NC1CCCC1)S(C)(=O)=O. The Kier molecular flexibility index (Phi) is 9.07. The molecule has 1 aliphatic rings. The Bertz CT molecular complexity index is 1180. The van der Waals surface area contributed by atoms with Gasteiger partial charge in [-0.3, -0.25) is 13.9 Å². The molecule has 35 heavy (non-hydrogen) atoms. The van der Waals surface area contributed by atoms with Gasteiger partial charge in [-0.25, -0.2) is 8.42 Å². The van der Waals surface area contributed by atoms with Gasteiger partial charge in [0.2, 0.25) is 21.8 Å². The number of nitrogens with zero attached hydrogens (tertiary/aromatic N) is 2. The molecule has 0 spiro atoms. The van der Waals surface area contributed by atoms with Crippen LogP contribution in [0.3, 0.4) is 0 Å². The van der Waals surface area contributed by atoms with Gasteiger partial charge in [0.1, 0.15) is 12.6 Å². The Morgan fingerprint density at radius 1 is 1.09 bits per heavy atom. The van der Waals surface area contributed by atoms with E-state index < -0.39 is 28.5 Å². The first-order valence-corrected chi connectivity index (χ1v) is 14.1. The van der Waals surface area contributed by atoms with Crippen molar-refractivity contribution in [1.82, 2.24) is 10.2 Å². The van der Waals surface area contributed by atoms with Crippen LogP contribution in [0.1, 0.15) is 43.7 Å². The summed E-state index contributed by atoms with van der Waals surface area (Å²) < 4.78 is 26.4. The average Bonchev–Trinajstić information content (AvgIpc) is 3.30. The molecule has 2 aromatic rings. The zero-order valence-electron chi connectivity index (χ0n) is 20.1. The number of anilines is 1. The molecule has 1 N–H and O–H groups in total. The molecule has 0 heterocycles. The van der Waals surface area contributed by atoms with Crippen LogP contribution >= 0.6 is 23.2 Å². The van der Waals surface area contributed by atoms with Crippen LogP contribution < -0.4 is 9.62 Å². The topological polar surface area (TPSA) is 86.8 Å². The number of halogens is 2. The lowest BCUT2D eigenvalue weighted by Crippen LogP contribution is -2.52. The highest BCUT2D eigenvalue weighted by molar-refractivity contribution is 7.92. The van der Waals surface area contributed by atoms with Gasteiger partial charge in [0.25, 0.3) is 0 Å². The Hall–Kier alpha value is -2.29. The van der Waals surface area contributed by atoms with Crippen molar-refractivity contribution in [3.8, 4) is 0 Å². The minimum atomic E-state index is -3.77. The van der Waals surface area contributed by atoms with Crippen molar-refractivity contribution in [2.45, 2.75) is 58.2 Å². The molecular formula is C25H31Cl2N3O4S. The molecule has 0 saturated heterocycles. The molecule has 10 heteroatoms. The predicted octanol–water partition coefficient (Wildman–Crippen LogP) is 4.54. The number of sulfonamides is 1. The van der Waals surface area contributed by atoms with Gasteiger partial charge in [-0.05, 0) is 56.0 Å². The minimum absolute atomic E-state index is 0.0698. The lowest BCUT2D eigenvalue weighted by atomic mass is 10.1. The maximum atomic E-state index is 13.6. The van der Waals surface area contributed by atoms with E-state index in [4.69, 9.17) is 23.2 Å². The smallest absolute Gasteiger partial charge is 0.244 e. The normalized spacial score (nSPS) is 15.0. The van der Waals surface area contributed by atoms with Gasteiger partial charge in [0, 0.05) is 12.6 Å². The first-order valence-electron chi connectivity index (χ1n) is 11.5. The van der Waals surface area contributed by atoms with Gasteiger partial charge < -0.3 is 10.2 Å². The summed E-state index contributed by atoms with van der Waals surface area (Å²) in [5.41, 5.74) is 1.81. The van der Waals surface area contributed by atoms with Gasteiger partial charge in [0.15, 0.2) is 0 Å². The number of carbonyl (C=O) groups excluding carboxylic acids is 2. The number of hydrogen-bond donors (Lipinski definition) is 1. The zero-order valence-corrected chi connectivity index (χ0v) is 22.5. The Labute approximate surface area is 217 Å². The van der Waals surface area contributed by atoms with Crippen LogP contribution in [0.15, 0.2) is 42.5 Å². The zero-order chi connectivity index (χ0) is 25.8. The summed E-state index contributed by atoms with van der Waals surface area (Å²) in [6.45, 7) is 3.06. The standard InChI is InChI=1S/C25H31Cl2N3O4S/c1-17-8-4-7-11-23(17)30(35(3,33)34)16-24(31)29(15-19-12-13-21(26)22(27)14-19)18(2)25(32)28-20-9-5-6-10-20/h4,7-8,11-14,18,20H,5-6,9-10,15-16H2,1-3H3,(H,28,32). The number of carbonyl (C=O) groups is 2. The van der Waals surface area contributed by atoms with Crippen molar-refractivity contribution in [1.29, 1.82) is 0 Å². The fraction of sp³-hybridized carbons (Fsp3) is 0.440. The molecule has 2 amide bonds. The van der Waals surface area contributed by atoms with Crippen LogP contribution in [-0.2, 0) is 26.2 Å². The van der Waals surface area contributed by atoms with Gasteiger partial charge in [-0.1, -0.05) is 60.3 Å². The van der Waals surface area contributed by atoms with E-state index in [-0.39, 0.29) is 18.5 Å². The number of benzene rings is 2. The van der Waals surface area contributed by atoms with Crippen LogP contribution in [0, 0.1) is 6.92 Å². The molecular weight excluding hydrogens is 509 g/mol.